The molecule has 0 fully saturated rings. The maximum Gasteiger partial charge on any atom is 0.419 e. The van der Waals surface area contributed by atoms with E-state index in [1.54, 1.807) is 50.2 Å². The van der Waals surface area contributed by atoms with Crippen LogP contribution in [0.3, 0.4) is 0 Å². The number of pyridine rings is 3. The topological polar surface area (TPSA) is 213 Å². The lowest BCUT2D eigenvalue weighted by molar-refractivity contribution is -0.124. The zero-order chi connectivity index (χ0) is 47.2. The number of fused-ring (bicyclic) bond motifs is 4. The first-order chi connectivity index (χ1) is 29.5. The summed E-state index contributed by atoms with van der Waals surface area (Å²) >= 11 is 31.9. The second-order valence-electron chi connectivity index (χ2n) is 13.1. The van der Waals surface area contributed by atoms with E-state index < -0.39 is 16.6 Å². The number of nitrogens with zero attached hydrogens (tertiary/aromatic N) is 1. The van der Waals surface area contributed by atoms with Crippen LogP contribution in [0.1, 0.15) is 37.0 Å². The summed E-state index contributed by atoms with van der Waals surface area (Å²) in [6.45, 7) is 7.99. The average Bonchev–Trinajstić information content (AvgIpc) is 3.21. The molecule has 0 aliphatic carbocycles. The number of para-hydroxylation sites is 4. The Balaban J connectivity index is 0.000000207. The molecule has 0 saturated carbocycles. The predicted molar refractivity (Wildman–Crippen MR) is 256 cm³/mol. The molecule has 8 aromatic rings. The van der Waals surface area contributed by atoms with Crippen molar-refractivity contribution in [2.75, 3.05) is 0 Å². The van der Waals surface area contributed by atoms with Gasteiger partial charge in [-0.1, -0.05) is 95.5 Å². The number of ketones is 2. The van der Waals surface area contributed by atoms with Crippen LogP contribution in [0.25, 0.3) is 43.6 Å². The normalized spacial score (nSPS) is 10.4. The van der Waals surface area contributed by atoms with Crippen LogP contribution in [-0.4, -0.2) is 36.6 Å². The van der Waals surface area contributed by atoms with Gasteiger partial charge in [0.15, 0.2) is 0 Å². The number of aromatic amines is 3. The third kappa shape index (κ3) is 16.1. The average molecular weight is 997 g/mol. The van der Waals surface area contributed by atoms with Crippen molar-refractivity contribution in [1.82, 2.24) is 19.9 Å². The van der Waals surface area contributed by atoms with Crippen molar-refractivity contribution < 1.29 is 23.7 Å². The second kappa shape index (κ2) is 24.0. The highest BCUT2D eigenvalue weighted by atomic mass is 36.0. The summed E-state index contributed by atoms with van der Waals surface area (Å²) in [6, 6.07) is 29.0. The predicted octanol–water partition coefficient (Wildman–Crippen LogP) is 11.7. The molecule has 4 aromatic heterocycles. The molecule has 0 radical (unpaired) electrons. The lowest BCUT2D eigenvalue weighted by atomic mass is 10.1. The van der Waals surface area contributed by atoms with Crippen LogP contribution < -0.4 is 22.5 Å². The van der Waals surface area contributed by atoms with Crippen LogP contribution >= 0.6 is 73.7 Å². The monoisotopic (exact) mass is 994 g/mol. The molecule has 63 heavy (non-hydrogen) atoms. The molecule has 0 amide bonds. The first-order valence-electron chi connectivity index (χ1n) is 18.1. The molecule has 0 atom stereocenters. The van der Waals surface area contributed by atoms with Crippen LogP contribution in [-0.2, 0) is 14.2 Å². The number of aromatic hydroxyl groups is 1. The Hall–Kier alpha value is -5.24. The number of carbonyl (C=O) groups excluding carboxylic acids is 2. The quantitative estimate of drug-likeness (QED) is 0.0730. The molecule has 0 unspecified atom stereocenters. The van der Waals surface area contributed by atoms with Crippen molar-refractivity contribution in [2.45, 2.75) is 41.0 Å². The largest absolute Gasteiger partial charge is 0.507 e. The molecule has 4 N–H and O–H groups in total. The van der Waals surface area contributed by atoms with Gasteiger partial charge in [-0.2, -0.15) is 0 Å². The fourth-order valence-corrected chi connectivity index (χ4v) is 5.99. The minimum absolute atomic E-state index is 0.0625. The molecular formula is C43H37Cl6N4O9P. The highest BCUT2D eigenvalue weighted by Gasteiger charge is 2.08. The van der Waals surface area contributed by atoms with E-state index in [0.29, 0.717) is 48.1 Å². The Morgan fingerprint density at radius 2 is 1.00 bits per heavy atom. The van der Waals surface area contributed by atoms with Gasteiger partial charge >= 0.3 is 16.6 Å². The number of rotatable bonds is 2. The van der Waals surface area contributed by atoms with Crippen LogP contribution in [0.15, 0.2) is 121 Å². The number of aromatic nitrogens is 4. The van der Waals surface area contributed by atoms with Gasteiger partial charge in [-0.05, 0) is 105 Å². The SMILES string of the molecule is CC(=O)CC(C)=O.Cc1c(Cl)c2ccccc2[nH]c1=O.Cc1c(Cl)nc2ccccc2c1Cl.Cc1c(O)c2ccccc2[nH]c1=O.O=P(Cl)(Cl)Cl.O=c1[nH]c2ccccc2c(=O)o1. The van der Waals surface area contributed by atoms with E-state index in [0.717, 1.165) is 27.4 Å². The van der Waals surface area contributed by atoms with Gasteiger partial charge in [-0.25, -0.2) is 14.6 Å². The van der Waals surface area contributed by atoms with Crippen molar-refractivity contribution in [3.05, 3.63) is 171 Å². The summed E-state index contributed by atoms with van der Waals surface area (Å²) in [7, 11) is 0. The maximum atomic E-state index is 11.3. The number of hydrogen-bond acceptors (Lipinski definition) is 10. The Morgan fingerprint density at radius 3 is 1.51 bits per heavy atom. The van der Waals surface area contributed by atoms with E-state index >= 15 is 0 Å². The summed E-state index contributed by atoms with van der Waals surface area (Å²) in [5, 5.41) is 11.0. The number of benzene rings is 4. The molecule has 0 bridgehead atoms. The van der Waals surface area contributed by atoms with Crippen LogP contribution in [0.2, 0.25) is 15.2 Å². The van der Waals surface area contributed by atoms with E-state index in [2.05, 4.69) is 58.1 Å². The third-order valence-electron chi connectivity index (χ3n) is 8.27. The van der Waals surface area contributed by atoms with Crippen LogP contribution in [0, 0.1) is 20.8 Å². The Kier molecular flexibility index (Phi) is 19.8. The minimum Gasteiger partial charge on any atom is -0.507 e. The van der Waals surface area contributed by atoms with Gasteiger partial charge in [0.05, 0.1) is 44.0 Å². The molecule has 0 aliphatic rings. The summed E-state index contributed by atoms with van der Waals surface area (Å²) < 4.78 is 13.8. The number of H-pyrrole nitrogens is 3. The third-order valence-corrected chi connectivity index (χ3v) is 9.61. The highest BCUT2D eigenvalue weighted by molar-refractivity contribution is 8.24. The lowest BCUT2D eigenvalue weighted by Crippen LogP contribution is -2.13. The molecule has 0 saturated heterocycles. The minimum atomic E-state index is -3.22. The first-order valence-corrected chi connectivity index (χ1v) is 23.6. The van der Waals surface area contributed by atoms with Gasteiger partial charge in [0.25, 0.3) is 11.1 Å². The van der Waals surface area contributed by atoms with Crippen molar-refractivity contribution in [2.24, 2.45) is 0 Å². The Morgan fingerprint density at radius 1 is 0.603 bits per heavy atom. The summed E-state index contributed by atoms with van der Waals surface area (Å²) in [5.41, 5.74) is 3.58. The standard InChI is InChI=1S/C10H7Cl2N.C10H8ClNO.C10H9NO2.C8H5NO3.C5H8O2.Cl3OP/c1-6-9(11)7-4-2-3-5-8(7)13-10(6)12;1-6-9(11)7-4-2-3-5-8(7)12-10(6)13;1-6-9(12)7-4-2-3-5-8(7)11-10(6)13;10-7-5-3-1-2-4-6(5)9-8(11)12-7;1-4(6)3-5(2)7;1-5(2,3)4/h2-5H,1H3;2-5H,1H3,(H,12,13);2-5H,1H3,(H2,11,12,13);1-4H,(H,9,11);3H2,1-2H3;. The fourth-order valence-electron chi connectivity index (χ4n) is 5.26. The van der Waals surface area contributed by atoms with E-state index in [9.17, 15) is 38.4 Å². The highest BCUT2D eigenvalue weighted by Crippen LogP contribution is 2.61. The van der Waals surface area contributed by atoms with Gasteiger partial charge in [0.2, 0.25) is 0 Å². The van der Waals surface area contributed by atoms with Crippen molar-refractivity contribution in [1.29, 1.82) is 0 Å². The molecule has 330 valence electrons. The van der Waals surface area contributed by atoms with Crippen LogP contribution in [0.4, 0.5) is 0 Å². The van der Waals surface area contributed by atoms with Gasteiger partial charge in [0.1, 0.15) is 22.5 Å². The zero-order valence-electron chi connectivity index (χ0n) is 33.8. The molecule has 20 heteroatoms. The van der Waals surface area contributed by atoms with Crippen LogP contribution in [0.5, 0.6) is 5.75 Å². The van der Waals surface area contributed by atoms with Crippen molar-refractivity contribution in [3.8, 4) is 5.75 Å². The van der Waals surface area contributed by atoms with Gasteiger partial charge in [-0.3, -0.25) is 28.7 Å². The number of carbonyl (C=O) groups is 2. The molecule has 4 aromatic carbocycles. The summed E-state index contributed by atoms with van der Waals surface area (Å²) in [5.74, 6) is -0.780. The summed E-state index contributed by atoms with van der Waals surface area (Å²) in [6.07, 6.45) is 0.0833. The molecule has 13 nitrogen and oxygen atoms in total. The Labute approximate surface area is 387 Å². The zero-order valence-corrected chi connectivity index (χ0v) is 39.3. The first kappa shape index (κ1) is 52.1. The van der Waals surface area contributed by atoms with E-state index in [1.807, 2.05) is 67.6 Å². The van der Waals surface area contributed by atoms with Gasteiger partial charge < -0.3 is 19.5 Å². The molecule has 4 heterocycles. The van der Waals surface area contributed by atoms with E-state index in [4.69, 9.17) is 34.8 Å². The van der Waals surface area contributed by atoms with E-state index in [1.165, 1.54) is 13.8 Å². The molecular weight excluding hydrogens is 960 g/mol. The lowest BCUT2D eigenvalue weighted by Gasteiger charge is -2.04. The number of hydrogen-bond donors (Lipinski definition) is 4. The number of Topliss-reactive ketones (excluding diaryl/α,β-unsaturated/α-hetero) is 2. The fraction of sp³-hybridized carbons (Fsp3) is 0.140. The van der Waals surface area contributed by atoms with Gasteiger partial charge in [0, 0.05) is 32.8 Å². The number of nitrogens with one attached hydrogen (secondary N) is 3. The molecule has 0 spiro atoms. The molecule has 8 rings (SSSR count). The Bertz CT molecular complexity index is 3100. The van der Waals surface area contributed by atoms with Gasteiger partial charge in [-0.15, -0.1) is 0 Å². The molecule has 0 aliphatic heterocycles. The summed E-state index contributed by atoms with van der Waals surface area (Å²) in [4.78, 5) is 76.4. The maximum absolute atomic E-state index is 11.3. The van der Waals surface area contributed by atoms with Crippen molar-refractivity contribution in [3.63, 3.8) is 0 Å². The number of halogens is 6. The van der Waals surface area contributed by atoms with E-state index in [-0.39, 0.29) is 34.9 Å². The second-order valence-corrected chi connectivity index (χ2v) is 20.9. The smallest absolute Gasteiger partial charge is 0.419 e. The van der Waals surface area contributed by atoms with Crippen molar-refractivity contribution >= 4 is 129 Å².